The highest BCUT2D eigenvalue weighted by Crippen LogP contribution is 2.42. The molecular formula is C23H23NO4. The largest absolute Gasteiger partial charge is 0.497 e. The van der Waals surface area contributed by atoms with Crippen molar-refractivity contribution in [2.45, 2.75) is 6.04 Å². The number of likely N-dealkylation sites (N-methyl/N-ethyl adjacent to an activating group) is 1. The number of amides is 1. The molecule has 144 valence electrons. The number of esters is 1. The van der Waals surface area contributed by atoms with Crippen LogP contribution in [0.1, 0.15) is 17.2 Å². The lowest BCUT2D eigenvalue weighted by molar-refractivity contribution is -0.134. The van der Waals surface area contributed by atoms with Gasteiger partial charge in [0.15, 0.2) is 0 Å². The van der Waals surface area contributed by atoms with Crippen LogP contribution in [-0.4, -0.2) is 38.0 Å². The van der Waals surface area contributed by atoms with E-state index in [9.17, 15) is 9.59 Å². The Kier molecular flexibility index (Phi) is 5.94. The second kappa shape index (κ2) is 8.57. The summed E-state index contributed by atoms with van der Waals surface area (Å²) in [6, 6.07) is 17.1. The highest BCUT2D eigenvalue weighted by molar-refractivity contribution is 5.98. The van der Waals surface area contributed by atoms with E-state index in [1.165, 1.54) is 13.2 Å². The standard InChI is InChI=1S/C23H23NO4/c1-24-21(25)15-20(16-7-5-4-6-8-16)19(13-14-22(26)28-3)23(24)17-9-11-18(27-2)12-10-17/h4-15,19,23H,1-3H3/b14-13+/t19-,23+/m0/s1. The summed E-state index contributed by atoms with van der Waals surface area (Å²) in [6.07, 6.45) is 4.87. The lowest BCUT2D eigenvalue weighted by atomic mass is 9.79. The Morgan fingerprint density at radius 1 is 1.04 bits per heavy atom. The fraction of sp³-hybridized carbons (Fsp3) is 0.217. The Hall–Kier alpha value is -3.34. The molecule has 2 aromatic carbocycles. The third-order valence-electron chi connectivity index (χ3n) is 4.95. The molecule has 0 aromatic heterocycles. The van der Waals surface area contributed by atoms with E-state index >= 15 is 0 Å². The van der Waals surface area contributed by atoms with E-state index < -0.39 is 5.97 Å². The number of nitrogens with zero attached hydrogens (tertiary/aromatic N) is 1. The zero-order valence-corrected chi connectivity index (χ0v) is 16.2. The van der Waals surface area contributed by atoms with Crippen LogP contribution < -0.4 is 4.74 Å². The molecule has 1 aliphatic heterocycles. The van der Waals surface area contributed by atoms with Gasteiger partial charge in [0.05, 0.1) is 20.3 Å². The molecule has 3 rings (SSSR count). The normalized spacial score (nSPS) is 19.5. The number of carbonyl (C=O) groups excluding carboxylic acids is 2. The third kappa shape index (κ3) is 3.98. The number of rotatable bonds is 5. The van der Waals surface area contributed by atoms with Crippen LogP contribution >= 0.6 is 0 Å². The van der Waals surface area contributed by atoms with Crippen LogP contribution in [0.2, 0.25) is 0 Å². The molecule has 0 bridgehead atoms. The Morgan fingerprint density at radius 3 is 2.32 bits per heavy atom. The molecule has 2 atom stereocenters. The van der Waals surface area contributed by atoms with E-state index in [1.807, 2.05) is 60.7 Å². The maximum atomic E-state index is 12.7. The van der Waals surface area contributed by atoms with E-state index in [1.54, 1.807) is 25.1 Å². The highest BCUT2D eigenvalue weighted by Gasteiger charge is 2.35. The molecule has 5 heteroatoms. The second-order valence-electron chi connectivity index (χ2n) is 6.54. The molecule has 0 saturated carbocycles. The van der Waals surface area contributed by atoms with Gasteiger partial charge in [-0.25, -0.2) is 4.79 Å². The number of benzene rings is 2. The number of carbonyl (C=O) groups is 2. The van der Waals surface area contributed by atoms with E-state index in [-0.39, 0.29) is 17.9 Å². The van der Waals surface area contributed by atoms with Crippen molar-refractivity contribution >= 4 is 17.4 Å². The molecule has 0 N–H and O–H groups in total. The van der Waals surface area contributed by atoms with Crippen molar-refractivity contribution in [1.29, 1.82) is 0 Å². The van der Waals surface area contributed by atoms with Crippen LogP contribution in [0.5, 0.6) is 5.75 Å². The van der Waals surface area contributed by atoms with Gasteiger partial charge < -0.3 is 14.4 Å². The Morgan fingerprint density at radius 2 is 1.71 bits per heavy atom. The monoisotopic (exact) mass is 377 g/mol. The van der Waals surface area contributed by atoms with Crippen LogP contribution in [-0.2, 0) is 14.3 Å². The Labute approximate surface area is 164 Å². The molecule has 0 unspecified atom stereocenters. The maximum absolute atomic E-state index is 12.7. The van der Waals surface area contributed by atoms with Gasteiger partial charge in [-0.1, -0.05) is 48.5 Å². The SMILES string of the molecule is COC(=O)/C=C/[C@H]1C(c2ccccc2)=CC(=O)N(C)[C@@H]1c1ccc(OC)cc1. The lowest BCUT2D eigenvalue weighted by Gasteiger charge is -2.38. The summed E-state index contributed by atoms with van der Waals surface area (Å²) >= 11 is 0. The molecule has 2 aromatic rings. The van der Waals surface area contributed by atoms with Crippen molar-refractivity contribution in [1.82, 2.24) is 4.90 Å². The zero-order chi connectivity index (χ0) is 20.1. The highest BCUT2D eigenvalue weighted by atomic mass is 16.5. The van der Waals surface area contributed by atoms with Gasteiger partial charge in [-0.05, 0) is 28.8 Å². The smallest absolute Gasteiger partial charge is 0.330 e. The number of hydrogen-bond donors (Lipinski definition) is 0. The average Bonchev–Trinajstić information content (AvgIpc) is 2.74. The summed E-state index contributed by atoms with van der Waals surface area (Å²) < 4.78 is 10.0. The van der Waals surface area contributed by atoms with E-state index in [4.69, 9.17) is 9.47 Å². The third-order valence-corrected chi connectivity index (χ3v) is 4.95. The fourth-order valence-electron chi connectivity index (χ4n) is 3.48. The molecule has 0 aliphatic carbocycles. The molecule has 0 fully saturated rings. The van der Waals surface area contributed by atoms with Crippen molar-refractivity contribution in [2.24, 2.45) is 5.92 Å². The number of ether oxygens (including phenoxy) is 2. The number of methoxy groups -OCH3 is 2. The quantitative estimate of drug-likeness (QED) is 0.590. The van der Waals surface area contributed by atoms with Gasteiger partial charge in [0.25, 0.3) is 0 Å². The van der Waals surface area contributed by atoms with Crippen LogP contribution in [0, 0.1) is 5.92 Å². The van der Waals surface area contributed by atoms with Crippen LogP contribution in [0.15, 0.2) is 72.8 Å². The zero-order valence-electron chi connectivity index (χ0n) is 16.2. The predicted molar refractivity (Wildman–Crippen MR) is 108 cm³/mol. The van der Waals surface area contributed by atoms with Gasteiger partial charge in [0, 0.05) is 25.1 Å². The molecule has 1 amide bonds. The van der Waals surface area contributed by atoms with Crippen molar-refractivity contribution in [3.05, 3.63) is 84.0 Å². The van der Waals surface area contributed by atoms with Crippen molar-refractivity contribution in [2.75, 3.05) is 21.3 Å². The van der Waals surface area contributed by atoms with Crippen molar-refractivity contribution in [3.8, 4) is 5.75 Å². The average molecular weight is 377 g/mol. The van der Waals surface area contributed by atoms with Gasteiger partial charge >= 0.3 is 5.97 Å². The minimum Gasteiger partial charge on any atom is -0.497 e. The first kappa shape index (κ1) is 19.4. The van der Waals surface area contributed by atoms with Crippen LogP contribution in [0.25, 0.3) is 5.57 Å². The second-order valence-corrected chi connectivity index (χ2v) is 6.54. The van der Waals surface area contributed by atoms with E-state index in [0.29, 0.717) is 0 Å². The first-order chi connectivity index (χ1) is 13.5. The molecule has 28 heavy (non-hydrogen) atoms. The van der Waals surface area contributed by atoms with Crippen molar-refractivity contribution in [3.63, 3.8) is 0 Å². The minimum atomic E-state index is -0.430. The maximum Gasteiger partial charge on any atom is 0.330 e. The summed E-state index contributed by atoms with van der Waals surface area (Å²) in [4.78, 5) is 26.2. The van der Waals surface area contributed by atoms with E-state index in [2.05, 4.69) is 0 Å². The first-order valence-electron chi connectivity index (χ1n) is 8.99. The minimum absolute atomic E-state index is 0.0811. The van der Waals surface area contributed by atoms with Crippen molar-refractivity contribution < 1.29 is 19.1 Å². The van der Waals surface area contributed by atoms with Gasteiger partial charge in [-0.2, -0.15) is 0 Å². The molecule has 5 nitrogen and oxygen atoms in total. The summed E-state index contributed by atoms with van der Waals surface area (Å²) in [5.41, 5.74) is 2.77. The molecule has 1 heterocycles. The fourth-order valence-corrected chi connectivity index (χ4v) is 3.48. The lowest BCUT2D eigenvalue weighted by Crippen LogP contribution is -2.38. The summed E-state index contributed by atoms with van der Waals surface area (Å²) in [6.45, 7) is 0. The Bertz CT molecular complexity index is 900. The predicted octanol–water partition coefficient (Wildman–Crippen LogP) is 3.64. The molecule has 0 radical (unpaired) electrons. The molecule has 0 spiro atoms. The summed E-state index contributed by atoms with van der Waals surface area (Å²) in [7, 11) is 4.73. The van der Waals surface area contributed by atoms with Crippen LogP contribution in [0.4, 0.5) is 0 Å². The van der Waals surface area contributed by atoms with Gasteiger partial charge in [0.1, 0.15) is 5.75 Å². The van der Waals surface area contributed by atoms with Gasteiger partial charge in [-0.3, -0.25) is 4.79 Å². The topological polar surface area (TPSA) is 55.8 Å². The summed E-state index contributed by atoms with van der Waals surface area (Å²) in [5.74, 6) is 0.0226. The number of hydrogen-bond acceptors (Lipinski definition) is 4. The van der Waals surface area contributed by atoms with E-state index in [0.717, 1.165) is 22.4 Å². The molecular weight excluding hydrogens is 354 g/mol. The molecule has 1 aliphatic rings. The van der Waals surface area contributed by atoms with Crippen LogP contribution in [0.3, 0.4) is 0 Å². The Balaban J connectivity index is 2.11. The van der Waals surface area contributed by atoms with Gasteiger partial charge in [0.2, 0.25) is 5.91 Å². The molecule has 0 saturated heterocycles. The summed E-state index contributed by atoms with van der Waals surface area (Å²) in [5, 5.41) is 0. The first-order valence-corrected chi connectivity index (χ1v) is 8.99. The van der Waals surface area contributed by atoms with Gasteiger partial charge in [-0.15, -0.1) is 0 Å².